The van der Waals surface area contributed by atoms with E-state index in [-0.39, 0.29) is 10.8 Å². The van der Waals surface area contributed by atoms with Crippen molar-refractivity contribution in [2.45, 2.75) is 60.5 Å². The highest BCUT2D eigenvalue weighted by Gasteiger charge is 2.41. The smallest absolute Gasteiger partial charge is 0.0918 e. The van der Waals surface area contributed by atoms with Crippen molar-refractivity contribution in [2.75, 3.05) is 0 Å². The first kappa shape index (κ1) is 13.5. The standard InChI is InChI=1S/C15H26O/c1-11-8-12(13(2,3)4)10-15(16,9-11)14(5,6)7/h8,10,16H,9H2,1-7H3. The van der Waals surface area contributed by atoms with Gasteiger partial charge in [-0.05, 0) is 29.4 Å². The monoisotopic (exact) mass is 222 g/mol. The molecular formula is C15H26O. The fourth-order valence-corrected chi connectivity index (χ4v) is 2.01. The summed E-state index contributed by atoms with van der Waals surface area (Å²) in [5.41, 5.74) is 1.77. The highest BCUT2D eigenvalue weighted by molar-refractivity contribution is 5.37. The van der Waals surface area contributed by atoms with Crippen molar-refractivity contribution in [2.24, 2.45) is 10.8 Å². The van der Waals surface area contributed by atoms with Gasteiger partial charge in [0, 0.05) is 6.42 Å². The first-order valence-electron chi connectivity index (χ1n) is 6.09. The van der Waals surface area contributed by atoms with Crippen molar-refractivity contribution in [1.82, 2.24) is 0 Å². The van der Waals surface area contributed by atoms with E-state index in [4.69, 9.17) is 0 Å². The van der Waals surface area contributed by atoms with Crippen molar-refractivity contribution in [3.8, 4) is 0 Å². The van der Waals surface area contributed by atoms with Gasteiger partial charge in [-0.15, -0.1) is 0 Å². The van der Waals surface area contributed by atoms with Crippen LogP contribution in [0.1, 0.15) is 54.9 Å². The molecular weight excluding hydrogens is 196 g/mol. The molecule has 1 aliphatic carbocycles. The van der Waals surface area contributed by atoms with Crippen LogP contribution in [0.3, 0.4) is 0 Å². The van der Waals surface area contributed by atoms with E-state index >= 15 is 0 Å². The van der Waals surface area contributed by atoms with Crippen LogP contribution in [0, 0.1) is 10.8 Å². The second-order valence-electron chi connectivity index (χ2n) is 7.19. The molecule has 0 saturated heterocycles. The van der Waals surface area contributed by atoms with Gasteiger partial charge in [0.1, 0.15) is 0 Å². The molecule has 0 aromatic carbocycles. The van der Waals surface area contributed by atoms with E-state index in [1.54, 1.807) is 0 Å². The molecule has 0 radical (unpaired) electrons. The fraction of sp³-hybridized carbons (Fsp3) is 0.733. The lowest BCUT2D eigenvalue weighted by atomic mass is 9.67. The van der Waals surface area contributed by atoms with Crippen molar-refractivity contribution in [3.63, 3.8) is 0 Å². The van der Waals surface area contributed by atoms with Gasteiger partial charge >= 0.3 is 0 Å². The van der Waals surface area contributed by atoms with Crippen LogP contribution in [-0.2, 0) is 0 Å². The summed E-state index contributed by atoms with van der Waals surface area (Å²) >= 11 is 0. The van der Waals surface area contributed by atoms with E-state index < -0.39 is 5.60 Å². The third-order valence-corrected chi connectivity index (χ3v) is 3.51. The number of hydrogen-bond donors (Lipinski definition) is 1. The SMILES string of the molecule is CC1=CC(C(C)(C)C)=CC(O)(C(C)(C)C)C1. The molecule has 0 aromatic heterocycles. The molecule has 0 amide bonds. The Kier molecular flexibility index (Phi) is 3.15. The highest BCUT2D eigenvalue weighted by atomic mass is 16.3. The summed E-state index contributed by atoms with van der Waals surface area (Å²) in [6.07, 6.45) is 5.04. The Labute approximate surface area is 100 Å². The maximum absolute atomic E-state index is 10.8. The minimum atomic E-state index is -0.714. The molecule has 92 valence electrons. The first-order chi connectivity index (χ1) is 6.96. The van der Waals surface area contributed by atoms with Crippen molar-refractivity contribution < 1.29 is 5.11 Å². The van der Waals surface area contributed by atoms with Crippen LogP contribution in [0.25, 0.3) is 0 Å². The van der Waals surface area contributed by atoms with E-state index in [1.807, 2.05) is 0 Å². The van der Waals surface area contributed by atoms with Gasteiger partial charge in [-0.1, -0.05) is 53.2 Å². The summed E-state index contributed by atoms with van der Waals surface area (Å²) in [6.45, 7) is 15.0. The van der Waals surface area contributed by atoms with E-state index in [0.29, 0.717) is 0 Å². The Morgan fingerprint density at radius 1 is 1.12 bits per heavy atom. The van der Waals surface area contributed by atoms with Crippen molar-refractivity contribution in [1.29, 1.82) is 0 Å². The Bertz CT molecular complexity index is 333. The van der Waals surface area contributed by atoms with Crippen LogP contribution in [0.2, 0.25) is 0 Å². The molecule has 1 nitrogen and oxygen atoms in total. The van der Waals surface area contributed by atoms with Crippen molar-refractivity contribution >= 4 is 0 Å². The van der Waals surface area contributed by atoms with Gasteiger partial charge in [0.05, 0.1) is 5.60 Å². The number of hydrogen-bond acceptors (Lipinski definition) is 1. The molecule has 0 aromatic rings. The number of rotatable bonds is 0. The topological polar surface area (TPSA) is 20.2 Å². The second kappa shape index (κ2) is 3.73. The van der Waals surface area contributed by atoms with Gasteiger partial charge in [0.2, 0.25) is 0 Å². The maximum Gasteiger partial charge on any atom is 0.0918 e. The summed E-state index contributed by atoms with van der Waals surface area (Å²) in [6, 6.07) is 0. The maximum atomic E-state index is 10.8. The zero-order valence-corrected chi connectivity index (χ0v) is 11.8. The van der Waals surface area contributed by atoms with Crippen LogP contribution in [0.15, 0.2) is 23.3 Å². The Morgan fingerprint density at radius 2 is 1.62 bits per heavy atom. The highest BCUT2D eigenvalue weighted by Crippen LogP contribution is 2.43. The predicted octanol–water partition coefficient (Wildman–Crippen LogP) is 4.09. The summed E-state index contributed by atoms with van der Waals surface area (Å²) < 4.78 is 0. The number of aliphatic hydroxyl groups is 1. The molecule has 0 fully saturated rings. The molecule has 1 rings (SSSR count). The Morgan fingerprint density at radius 3 is 2.00 bits per heavy atom. The van der Waals surface area contributed by atoms with Crippen LogP contribution in [0.5, 0.6) is 0 Å². The number of allylic oxidation sites excluding steroid dienone is 2. The van der Waals surface area contributed by atoms with Crippen LogP contribution >= 0.6 is 0 Å². The minimum Gasteiger partial charge on any atom is -0.385 e. The summed E-state index contributed by atoms with van der Waals surface area (Å²) in [7, 11) is 0. The summed E-state index contributed by atoms with van der Waals surface area (Å²) in [5, 5.41) is 10.8. The zero-order valence-electron chi connectivity index (χ0n) is 11.8. The molecule has 1 N–H and O–H groups in total. The van der Waals surface area contributed by atoms with Gasteiger partial charge in [-0.25, -0.2) is 0 Å². The zero-order chi connectivity index (χ0) is 12.8. The average molecular weight is 222 g/mol. The lowest BCUT2D eigenvalue weighted by Gasteiger charge is -2.42. The van der Waals surface area contributed by atoms with Gasteiger partial charge in [0.25, 0.3) is 0 Å². The van der Waals surface area contributed by atoms with E-state index in [2.05, 4.69) is 60.6 Å². The minimum absolute atomic E-state index is 0.0981. The van der Waals surface area contributed by atoms with E-state index in [0.717, 1.165) is 6.42 Å². The predicted molar refractivity (Wildman–Crippen MR) is 70.3 cm³/mol. The Balaban J connectivity index is 3.22. The van der Waals surface area contributed by atoms with Crippen LogP contribution < -0.4 is 0 Å². The second-order valence-corrected chi connectivity index (χ2v) is 7.19. The lowest BCUT2D eigenvalue weighted by Crippen LogP contribution is -2.43. The van der Waals surface area contributed by atoms with Crippen LogP contribution in [0.4, 0.5) is 0 Å². The molecule has 16 heavy (non-hydrogen) atoms. The van der Waals surface area contributed by atoms with Gasteiger partial charge in [-0.3, -0.25) is 0 Å². The third-order valence-electron chi connectivity index (χ3n) is 3.51. The molecule has 1 atom stereocenters. The summed E-state index contributed by atoms with van der Waals surface area (Å²) in [5.74, 6) is 0. The lowest BCUT2D eigenvalue weighted by molar-refractivity contribution is -0.0157. The Hall–Kier alpha value is -0.560. The van der Waals surface area contributed by atoms with Crippen LogP contribution in [-0.4, -0.2) is 10.7 Å². The molecule has 0 bridgehead atoms. The fourth-order valence-electron chi connectivity index (χ4n) is 2.01. The molecule has 1 unspecified atom stereocenters. The molecule has 0 heterocycles. The van der Waals surface area contributed by atoms with E-state index in [9.17, 15) is 5.11 Å². The molecule has 1 heteroatoms. The molecule has 0 spiro atoms. The largest absolute Gasteiger partial charge is 0.385 e. The third kappa shape index (κ3) is 2.57. The van der Waals surface area contributed by atoms with E-state index in [1.165, 1.54) is 11.1 Å². The van der Waals surface area contributed by atoms with Gasteiger partial charge < -0.3 is 5.11 Å². The quantitative estimate of drug-likeness (QED) is 0.654. The first-order valence-corrected chi connectivity index (χ1v) is 6.09. The van der Waals surface area contributed by atoms with Gasteiger partial charge in [-0.2, -0.15) is 0 Å². The average Bonchev–Trinajstić information content (AvgIpc) is 1.98. The van der Waals surface area contributed by atoms with Gasteiger partial charge in [0.15, 0.2) is 0 Å². The normalized spacial score (nSPS) is 27.5. The molecule has 0 saturated carbocycles. The van der Waals surface area contributed by atoms with Crippen molar-refractivity contribution in [3.05, 3.63) is 23.3 Å². The molecule has 0 aliphatic heterocycles. The summed E-state index contributed by atoms with van der Waals surface area (Å²) in [4.78, 5) is 0. The molecule has 1 aliphatic rings.